The Morgan fingerprint density at radius 3 is 0.977 bits per heavy atom. The van der Waals surface area contributed by atoms with Gasteiger partial charge in [0.15, 0.2) is 17.3 Å². The number of rotatable bonds is 37. The number of nitriles is 1. The van der Waals surface area contributed by atoms with Crippen LogP contribution in [-0.4, -0.2) is 184 Å². The number of halogens is 5. The van der Waals surface area contributed by atoms with Gasteiger partial charge in [-0.25, -0.2) is 14.4 Å². The highest BCUT2D eigenvalue weighted by atomic mass is 35.5. The third kappa shape index (κ3) is 28.3. The molecule has 16 rings (SSSR count). The minimum atomic E-state index is -0.979. The number of nitrogens with two attached hydrogens (primary N) is 2. The smallest absolute Gasteiger partial charge is 0.352 e. The SMILES string of the molecule is COC(=O)[C@H](C[C@@H]1CCNC1=O)NC(=O)[C@@H](CC(=O)c1cc2cccc(Cl)c2[nH]1)CC1CC1.COC(=O)[C@H](C[C@@H]1CCNC1=O)NC(=O)[C@@H](N)CC1CC1.Cl.N#C[C@H](C[C@@H]1CCNC1=O)NC(=O)[C@@H](CC(=O)c1cc2cccc(Cl)c2[nH]1)CC1CC1.NC(=O)[C@H](C[C@@H]1CCNC1=O)NC(=O)[C@@H](CC(=O)c1cc2cccc(Cl)c2[nH]1)CC1CC1.O=C(O)c1cc2cccc(Cl)c2[nH]1. The molecule has 4 aliphatic heterocycles. The van der Waals surface area contributed by atoms with Crippen molar-refractivity contribution in [1.29, 1.82) is 5.26 Å². The normalized spacial score (nSPS) is 19.5. The molecule has 8 aromatic rings. The van der Waals surface area contributed by atoms with E-state index in [1.807, 2.05) is 42.5 Å². The Balaban J connectivity index is 0.000000162. The van der Waals surface area contributed by atoms with Gasteiger partial charge >= 0.3 is 17.9 Å². The molecule has 12 atom stereocenters. The average Bonchev–Trinajstić information content (AvgIpc) is 1.68. The highest BCUT2D eigenvalue weighted by Crippen LogP contribution is 2.41. The lowest BCUT2D eigenvalue weighted by Gasteiger charge is -2.22. The molecule has 8 heterocycles. The summed E-state index contributed by atoms with van der Waals surface area (Å²) in [4.78, 5) is 196. The van der Waals surface area contributed by atoms with Crippen molar-refractivity contribution in [2.75, 3.05) is 40.4 Å². The monoisotopic (exact) mass is 1900 g/mol. The topological polar surface area (TPSA) is 530 Å². The number of hydrogen-bond acceptors (Lipinski definition) is 19. The predicted molar refractivity (Wildman–Crippen MR) is 492 cm³/mol. The van der Waals surface area contributed by atoms with E-state index in [2.05, 4.69) is 68.5 Å². The van der Waals surface area contributed by atoms with Gasteiger partial charge in [-0.2, -0.15) is 5.26 Å². The fraction of sp³-hybridized carbons (Fsp3) is 0.484. The van der Waals surface area contributed by atoms with E-state index in [1.54, 1.807) is 54.6 Å². The minimum Gasteiger partial charge on any atom is -0.477 e. The second-order valence-electron chi connectivity index (χ2n) is 35.0. The van der Waals surface area contributed by atoms with E-state index < -0.39 is 71.8 Å². The molecule has 8 aliphatic rings. The van der Waals surface area contributed by atoms with Crippen LogP contribution in [0, 0.1) is 76.4 Å². The summed E-state index contributed by atoms with van der Waals surface area (Å²) in [6.07, 6.45) is 14.4. The van der Waals surface area contributed by atoms with Crippen molar-refractivity contribution in [2.24, 2.45) is 76.6 Å². The van der Waals surface area contributed by atoms with Crippen molar-refractivity contribution in [3.8, 4) is 6.07 Å². The molecule has 0 radical (unpaired) electrons. The molecule has 17 N–H and O–H groups in total. The van der Waals surface area contributed by atoms with Crippen LogP contribution in [0.5, 0.6) is 0 Å². The summed E-state index contributed by atoms with van der Waals surface area (Å²) in [5.74, 6) is -6.22. The van der Waals surface area contributed by atoms with Crippen molar-refractivity contribution in [1.82, 2.24) is 62.5 Å². The van der Waals surface area contributed by atoms with E-state index in [9.17, 15) is 77.2 Å². The number of carboxylic acids is 1. The number of benzene rings is 4. The van der Waals surface area contributed by atoms with E-state index in [-0.39, 0.29) is 145 Å². The highest BCUT2D eigenvalue weighted by molar-refractivity contribution is 6.36. The first-order valence-corrected chi connectivity index (χ1v) is 45.7. The molecule has 0 bridgehead atoms. The number of aromatic nitrogens is 4. The van der Waals surface area contributed by atoms with Crippen LogP contribution in [0.2, 0.25) is 20.1 Å². The van der Waals surface area contributed by atoms with Crippen LogP contribution in [0.1, 0.15) is 190 Å². The van der Waals surface area contributed by atoms with Crippen LogP contribution >= 0.6 is 58.8 Å². The molecule has 131 heavy (non-hydrogen) atoms. The zero-order chi connectivity index (χ0) is 93.1. The summed E-state index contributed by atoms with van der Waals surface area (Å²) >= 11 is 24.5. The Morgan fingerprint density at radius 1 is 0.412 bits per heavy atom. The zero-order valence-corrected chi connectivity index (χ0v) is 76.3. The number of amides is 9. The Morgan fingerprint density at radius 2 is 0.695 bits per heavy atom. The van der Waals surface area contributed by atoms with E-state index in [0.717, 1.165) is 72.9 Å². The lowest BCUT2D eigenvalue weighted by molar-refractivity contribution is -0.146. The Hall–Kier alpha value is -11.4. The van der Waals surface area contributed by atoms with Crippen molar-refractivity contribution in [2.45, 2.75) is 178 Å². The fourth-order valence-corrected chi connectivity index (χ4v) is 17.8. The number of nitrogens with zero attached hydrogens (tertiary/aromatic N) is 1. The van der Waals surface area contributed by atoms with E-state index in [4.69, 9.17) is 72.5 Å². The van der Waals surface area contributed by atoms with Crippen LogP contribution in [-0.2, 0) is 62.2 Å². The van der Waals surface area contributed by atoms with Crippen LogP contribution in [0.25, 0.3) is 43.6 Å². The van der Waals surface area contributed by atoms with Gasteiger partial charge < -0.3 is 88.5 Å². The average molecular weight is 1900 g/mol. The van der Waals surface area contributed by atoms with Crippen LogP contribution in [0.3, 0.4) is 0 Å². The number of hydrogen-bond donors (Lipinski definition) is 15. The Kier molecular flexibility index (Phi) is 35.6. The number of esters is 2. The maximum atomic E-state index is 13.2. The molecule has 8 fully saturated rings. The fourth-order valence-electron chi connectivity index (χ4n) is 16.8. The first-order valence-electron chi connectivity index (χ1n) is 44.1. The zero-order valence-electron chi connectivity index (χ0n) is 72.5. The highest BCUT2D eigenvalue weighted by Gasteiger charge is 2.41. The lowest BCUT2D eigenvalue weighted by Crippen LogP contribution is -2.49. The van der Waals surface area contributed by atoms with Crippen molar-refractivity contribution in [3.05, 3.63) is 140 Å². The molecular weight excluding hydrogens is 1790 g/mol. The number of carbonyl (C=O) groups is 15. The minimum absolute atomic E-state index is 0. The molecule has 0 spiro atoms. The number of para-hydroxylation sites is 4. The summed E-state index contributed by atoms with van der Waals surface area (Å²) in [5, 5.41) is 45.4. The third-order valence-corrected chi connectivity index (χ3v) is 26.3. The molecule has 9 amide bonds. The van der Waals surface area contributed by atoms with Crippen LogP contribution < -0.4 is 54.0 Å². The van der Waals surface area contributed by atoms with Gasteiger partial charge in [-0.3, -0.25) is 57.5 Å². The second-order valence-corrected chi connectivity index (χ2v) is 36.6. The Bertz CT molecular complexity index is 5610. The molecule has 4 aliphatic carbocycles. The largest absolute Gasteiger partial charge is 0.477 e. The summed E-state index contributed by atoms with van der Waals surface area (Å²) in [6.45, 7) is 2.31. The molecule has 4 saturated heterocycles. The van der Waals surface area contributed by atoms with Gasteiger partial charge in [0.05, 0.1) is 85.6 Å². The van der Waals surface area contributed by atoms with Crippen molar-refractivity contribution >= 4 is 191 Å². The molecule has 33 nitrogen and oxygen atoms in total. The van der Waals surface area contributed by atoms with E-state index in [1.165, 1.54) is 14.2 Å². The van der Waals surface area contributed by atoms with Gasteiger partial charge in [0.25, 0.3) is 0 Å². The third-order valence-electron chi connectivity index (χ3n) is 25.0. The number of primary amides is 1. The quantitative estimate of drug-likeness (QED) is 0.0127. The van der Waals surface area contributed by atoms with Crippen molar-refractivity contribution in [3.63, 3.8) is 0 Å². The first kappa shape index (κ1) is 100. The number of fused-ring (bicyclic) bond motifs is 4. The predicted octanol–water partition coefficient (Wildman–Crippen LogP) is 10.9. The molecule has 4 saturated carbocycles. The molecule has 38 heteroatoms. The molecule has 4 aromatic heterocycles. The number of Topliss-reactive ketones (excluding diaryl/α,β-unsaturated/α-hetero) is 3. The van der Waals surface area contributed by atoms with Gasteiger partial charge in [0, 0.05) is 108 Å². The summed E-state index contributed by atoms with van der Waals surface area (Å²) in [6, 6.07) is 26.4. The standard InChI is InChI=1S/C24H28ClN3O5.C23H27ClN4O4.C23H25ClN4O3.C14H23N3O4.C9H6ClNO2.ClH/c1-33-24(32)19(11-15-7-8-26-22(15)30)28-23(31)16(9-13-5-6-13)12-20(29)18-10-14-3-2-4-17(25)21(14)27-18;24-16-3-1-2-13-9-17(27-20(13)16)19(29)11-15(8-12-4-5-12)23(32)28-18(21(25)30)10-14-6-7-26-22(14)31;24-18-3-1-2-14-10-19(28-21(14)18)20(29)11-16(8-13-4-5-13)23(31)27-17(12-25)9-15-6-7-26-22(15)30;1-21-14(20)11(7-9-4-5-16-12(9)18)17-13(19)10(15)6-8-2-3-8;10-6-3-1-2-5-4-7(9(12)13)11-8(5)6;/h2-4,10,13,15-16,19,27H,5-9,11-12H2,1H3,(H,26,30)(H,28,31);1-3,9,12,14-15,18,27H,4-8,10-11H2,(H2,25,30)(H,26,31)(H,28,32);1-3,10,13,15-17,28H,4-9,11H2,(H,26,30)(H,27,31);8-11H,2-7,15H2,1H3,(H,16,18)(H,17,19);1-4,11H,(H,12,13);1H/t15-,16+,19-;14-,15+,18-;15-,16+,17-;9-,10-,11-;;/m0000../s1. The number of H-pyrrole nitrogens is 4. The van der Waals surface area contributed by atoms with Crippen molar-refractivity contribution < 1.29 is 86.5 Å². The number of nitrogens with one attached hydrogen (secondary N) is 12. The van der Waals surface area contributed by atoms with Crippen LogP contribution in [0.4, 0.5) is 0 Å². The van der Waals surface area contributed by atoms with Gasteiger partial charge in [-0.1, -0.05) is 146 Å². The summed E-state index contributed by atoms with van der Waals surface area (Å²) < 4.78 is 9.56. The maximum absolute atomic E-state index is 13.2. The summed E-state index contributed by atoms with van der Waals surface area (Å²) in [7, 11) is 2.52. The van der Waals surface area contributed by atoms with Gasteiger partial charge in [0.2, 0.25) is 53.2 Å². The summed E-state index contributed by atoms with van der Waals surface area (Å²) in [5.41, 5.74) is 15.5. The molecule has 700 valence electrons. The molecular formula is C93H110Cl5N15O18. The number of carbonyl (C=O) groups excluding carboxylic acids is 14. The number of carboxylic acid groups (broad SMARTS) is 1. The number of methoxy groups -OCH3 is 2. The number of aromatic amines is 4. The Labute approximate surface area is 781 Å². The van der Waals surface area contributed by atoms with E-state index in [0.29, 0.717) is 167 Å². The first-order chi connectivity index (χ1) is 62.3. The molecule has 0 unspecified atom stereocenters. The van der Waals surface area contributed by atoms with Gasteiger partial charge in [-0.05, 0) is 149 Å². The van der Waals surface area contributed by atoms with E-state index >= 15 is 0 Å². The van der Waals surface area contributed by atoms with Crippen LogP contribution in [0.15, 0.2) is 97.1 Å². The lowest BCUT2D eigenvalue weighted by atomic mass is 9.92. The van der Waals surface area contributed by atoms with Gasteiger partial charge in [-0.15, -0.1) is 12.4 Å². The second kappa shape index (κ2) is 46.6. The van der Waals surface area contributed by atoms with Gasteiger partial charge in [0.1, 0.15) is 29.9 Å². The number of ketones is 3. The molecule has 4 aromatic carbocycles. The number of ether oxygens (including phenoxy) is 2. The maximum Gasteiger partial charge on any atom is 0.352 e. The number of aromatic carboxylic acids is 1.